The molecule has 0 bridgehead atoms. The van der Waals surface area contributed by atoms with E-state index in [0.29, 0.717) is 18.8 Å². The number of nitrogens with zero attached hydrogens (tertiary/aromatic N) is 2. The Bertz CT molecular complexity index is 594. The van der Waals surface area contributed by atoms with Crippen molar-refractivity contribution in [1.82, 2.24) is 0 Å². The Morgan fingerprint density at radius 3 is 2.57 bits per heavy atom. The van der Waals surface area contributed by atoms with Gasteiger partial charge in [0.2, 0.25) is 0 Å². The standard InChI is InChI=1S/C13H14Cl2N2O4/c1-7-5-16(6-8(7)13(18)21-2)11-3-9(14)10(15)4-12(11)17(19)20/h3-4,7-8H,5-6H2,1-2H3. The number of hydrogen-bond acceptors (Lipinski definition) is 5. The molecular weight excluding hydrogens is 319 g/mol. The van der Waals surface area contributed by atoms with Crippen molar-refractivity contribution in [3.8, 4) is 0 Å². The summed E-state index contributed by atoms with van der Waals surface area (Å²) in [4.78, 5) is 24.2. The Morgan fingerprint density at radius 2 is 2.00 bits per heavy atom. The number of anilines is 1. The number of benzene rings is 1. The maximum Gasteiger partial charge on any atom is 0.310 e. The fourth-order valence-corrected chi connectivity index (χ4v) is 2.86. The SMILES string of the molecule is COC(=O)C1CN(c2cc(Cl)c(Cl)cc2[N+](=O)[O-])CC1C. The molecule has 6 nitrogen and oxygen atoms in total. The van der Waals surface area contributed by atoms with Gasteiger partial charge in [-0.3, -0.25) is 14.9 Å². The summed E-state index contributed by atoms with van der Waals surface area (Å²) >= 11 is 11.8. The summed E-state index contributed by atoms with van der Waals surface area (Å²) in [7, 11) is 1.33. The molecule has 21 heavy (non-hydrogen) atoms. The molecule has 0 spiro atoms. The molecule has 2 rings (SSSR count). The van der Waals surface area contributed by atoms with Crippen LogP contribution in [0.3, 0.4) is 0 Å². The molecule has 1 fully saturated rings. The van der Waals surface area contributed by atoms with Gasteiger partial charge in [-0.05, 0) is 12.0 Å². The van der Waals surface area contributed by atoms with Crippen molar-refractivity contribution in [2.45, 2.75) is 6.92 Å². The Balaban J connectivity index is 2.37. The monoisotopic (exact) mass is 332 g/mol. The normalized spacial score (nSPS) is 21.4. The molecule has 1 saturated heterocycles. The van der Waals surface area contributed by atoms with E-state index in [9.17, 15) is 14.9 Å². The van der Waals surface area contributed by atoms with Gasteiger partial charge in [-0.1, -0.05) is 30.1 Å². The van der Waals surface area contributed by atoms with E-state index < -0.39 is 4.92 Å². The van der Waals surface area contributed by atoms with Crippen molar-refractivity contribution < 1.29 is 14.5 Å². The van der Waals surface area contributed by atoms with Crippen LogP contribution in [0, 0.1) is 22.0 Å². The molecule has 2 unspecified atom stereocenters. The molecule has 1 aromatic carbocycles. The van der Waals surface area contributed by atoms with Crippen LogP contribution in [0.15, 0.2) is 12.1 Å². The van der Waals surface area contributed by atoms with Crippen LogP contribution < -0.4 is 4.90 Å². The summed E-state index contributed by atoms with van der Waals surface area (Å²) in [5, 5.41) is 11.6. The number of rotatable bonds is 3. The lowest BCUT2D eigenvalue weighted by atomic mass is 9.99. The third kappa shape index (κ3) is 3.06. The molecule has 0 aromatic heterocycles. The molecule has 0 aliphatic carbocycles. The maximum absolute atomic E-state index is 11.7. The number of esters is 1. The summed E-state index contributed by atoms with van der Waals surface area (Å²) in [5.41, 5.74) is 0.245. The Labute approximate surface area is 131 Å². The molecule has 2 atom stereocenters. The van der Waals surface area contributed by atoms with Crippen LogP contribution >= 0.6 is 23.2 Å². The van der Waals surface area contributed by atoms with Crippen molar-refractivity contribution in [3.63, 3.8) is 0 Å². The number of halogens is 2. The number of hydrogen-bond donors (Lipinski definition) is 0. The largest absolute Gasteiger partial charge is 0.469 e. The lowest BCUT2D eigenvalue weighted by molar-refractivity contribution is -0.384. The van der Waals surface area contributed by atoms with Gasteiger partial charge < -0.3 is 9.64 Å². The number of carbonyl (C=O) groups excluding carboxylic acids is 1. The molecular formula is C13H14Cl2N2O4. The van der Waals surface area contributed by atoms with Gasteiger partial charge in [0, 0.05) is 19.2 Å². The van der Waals surface area contributed by atoms with E-state index >= 15 is 0 Å². The van der Waals surface area contributed by atoms with Gasteiger partial charge in [0.1, 0.15) is 5.69 Å². The maximum atomic E-state index is 11.7. The van der Waals surface area contributed by atoms with Crippen LogP contribution in [-0.2, 0) is 9.53 Å². The second-order valence-corrected chi connectivity index (χ2v) is 5.84. The van der Waals surface area contributed by atoms with Gasteiger partial charge in [0.25, 0.3) is 5.69 Å². The van der Waals surface area contributed by atoms with Crippen LogP contribution in [0.25, 0.3) is 0 Å². The number of methoxy groups -OCH3 is 1. The highest BCUT2D eigenvalue weighted by atomic mass is 35.5. The second kappa shape index (κ2) is 6.07. The van der Waals surface area contributed by atoms with Crippen LogP contribution in [0.4, 0.5) is 11.4 Å². The first-order valence-electron chi connectivity index (χ1n) is 6.31. The van der Waals surface area contributed by atoms with Gasteiger partial charge in [0.05, 0.1) is 28.0 Å². The molecule has 1 heterocycles. The third-order valence-electron chi connectivity index (χ3n) is 3.67. The van der Waals surface area contributed by atoms with Gasteiger partial charge in [-0.15, -0.1) is 0 Å². The smallest absolute Gasteiger partial charge is 0.310 e. The fourth-order valence-electron chi connectivity index (χ4n) is 2.55. The Hall–Kier alpha value is -1.53. The first-order chi connectivity index (χ1) is 9.85. The summed E-state index contributed by atoms with van der Waals surface area (Å²) in [6, 6.07) is 2.70. The zero-order chi connectivity index (χ0) is 15.7. The van der Waals surface area contributed by atoms with Crippen LogP contribution in [0.5, 0.6) is 0 Å². The molecule has 1 aliphatic heterocycles. The number of nitro groups is 1. The number of nitro benzene ring substituents is 1. The quantitative estimate of drug-likeness (QED) is 0.483. The average Bonchev–Trinajstić information content (AvgIpc) is 2.82. The first kappa shape index (κ1) is 15.9. The van der Waals surface area contributed by atoms with Gasteiger partial charge in [0.15, 0.2) is 0 Å². The minimum absolute atomic E-state index is 0.0338. The first-order valence-corrected chi connectivity index (χ1v) is 7.07. The van der Waals surface area contributed by atoms with Crippen molar-refractivity contribution in [3.05, 3.63) is 32.3 Å². The molecule has 0 amide bonds. The summed E-state index contributed by atoms with van der Waals surface area (Å²) in [6.07, 6.45) is 0. The molecule has 0 N–H and O–H groups in total. The highest BCUT2D eigenvalue weighted by Gasteiger charge is 2.38. The lowest BCUT2D eigenvalue weighted by Crippen LogP contribution is -2.24. The fraction of sp³-hybridized carbons (Fsp3) is 0.462. The Morgan fingerprint density at radius 1 is 1.38 bits per heavy atom. The van der Waals surface area contributed by atoms with E-state index in [2.05, 4.69) is 0 Å². The van der Waals surface area contributed by atoms with E-state index in [-0.39, 0.29) is 33.5 Å². The summed E-state index contributed by atoms with van der Waals surface area (Å²) in [5.74, 6) is -0.594. The van der Waals surface area contributed by atoms with Crippen LogP contribution in [0.1, 0.15) is 6.92 Å². The predicted molar refractivity (Wildman–Crippen MR) is 80.0 cm³/mol. The highest BCUT2D eigenvalue weighted by Crippen LogP contribution is 2.39. The third-order valence-corrected chi connectivity index (χ3v) is 4.39. The molecule has 0 saturated carbocycles. The number of ether oxygens (including phenoxy) is 1. The Kier molecular flexibility index (Phi) is 4.58. The minimum atomic E-state index is -0.506. The zero-order valence-corrected chi connectivity index (χ0v) is 13.0. The van der Waals surface area contributed by atoms with Gasteiger partial charge in [-0.2, -0.15) is 0 Å². The van der Waals surface area contributed by atoms with Gasteiger partial charge >= 0.3 is 5.97 Å². The summed E-state index contributed by atoms with van der Waals surface area (Å²) in [6.45, 7) is 2.77. The molecule has 8 heteroatoms. The van der Waals surface area contributed by atoms with E-state index in [4.69, 9.17) is 27.9 Å². The van der Waals surface area contributed by atoms with Crippen LogP contribution in [-0.4, -0.2) is 31.1 Å². The number of carbonyl (C=O) groups is 1. The molecule has 114 valence electrons. The lowest BCUT2D eigenvalue weighted by Gasteiger charge is -2.18. The average molecular weight is 333 g/mol. The topological polar surface area (TPSA) is 72.7 Å². The molecule has 0 radical (unpaired) electrons. The van der Waals surface area contributed by atoms with Crippen LogP contribution in [0.2, 0.25) is 10.0 Å². The summed E-state index contributed by atoms with van der Waals surface area (Å²) < 4.78 is 4.76. The second-order valence-electron chi connectivity index (χ2n) is 5.02. The highest BCUT2D eigenvalue weighted by molar-refractivity contribution is 6.42. The van der Waals surface area contributed by atoms with E-state index in [1.165, 1.54) is 19.2 Å². The van der Waals surface area contributed by atoms with E-state index in [0.717, 1.165) is 0 Å². The minimum Gasteiger partial charge on any atom is -0.469 e. The van der Waals surface area contributed by atoms with Crippen molar-refractivity contribution in [1.29, 1.82) is 0 Å². The molecule has 1 aliphatic rings. The zero-order valence-electron chi connectivity index (χ0n) is 11.5. The molecule has 1 aromatic rings. The van der Waals surface area contributed by atoms with Crippen molar-refractivity contribution in [2.75, 3.05) is 25.1 Å². The van der Waals surface area contributed by atoms with Crippen molar-refractivity contribution >= 4 is 40.5 Å². The van der Waals surface area contributed by atoms with E-state index in [1.807, 2.05) is 6.92 Å². The van der Waals surface area contributed by atoms with Crippen molar-refractivity contribution in [2.24, 2.45) is 11.8 Å². The predicted octanol–water partition coefficient (Wildman–Crippen LogP) is 3.15. The van der Waals surface area contributed by atoms with E-state index in [1.54, 1.807) is 4.90 Å². The van der Waals surface area contributed by atoms with Gasteiger partial charge in [-0.25, -0.2) is 0 Å².